The molecule has 0 unspecified atom stereocenters. The quantitative estimate of drug-likeness (QED) is 0.186. The first-order chi connectivity index (χ1) is 23.3. The molecule has 0 saturated carbocycles. The zero-order valence-electron chi connectivity index (χ0n) is 25.6. The van der Waals surface area contributed by atoms with Crippen molar-refractivity contribution in [3.8, 4) is 45.1 Å². The molecule has 47 heavy (non-hydrogen) atoms. The van der Waals surface area contributed by atoms with Crippen LogP contribution in [0.15, 0.2) is 170 Å². The van der Waals surface area contributed by atoms with Crippen molar-refractivity contribution in [3.63, 3.8) is 0 Å². The van der Waals surface area contributed by atoms with Gasteiger partial charge in [-0.25, -0.2) is 0 Å². The molecule has 9 rings (SSSR count). The molecule has 9 aromatic rings. The highest BCUT2D eigenvalue weighted by molar-refractivity contribution is 6.22. The van der Waals surface area contributed by atoms with Gasteiger partial charge in [0.15, 0.2) is 0 Å². The van der Waals surface area contributed by atoms with E-state index in [1.165, 1.54) is 49.0 Å². The number of hydrogen-bond donors (Lipinski definition) is 0. The van der Waals surface area contributed by atoms with Gasteiger partial charge in [-0.2, -0.15) is 5.26 Å². The average molecular weight is 597 g/mol. The summed E-state index contributed by atoms with van der Waals surface area (Å²) in [6, 6.07) is 62.5. The Morgan fingerprint density at radius 3 is 1.43 bits per heavy atom. The molecule has 0 N–H and O–H groups in total. The largest absolute Gasteiger partial charge is 0.309 e. The van der Waals surface area contributed by atoms with E-state index in [1.807, 2.05) is 6.07 Å². The summed E-state index contributed by atoms with van der Waals surface area (Å²) in [5.41, 5.74) is 10.6. The topological polar surface area (TPSA) is 28.7 Å². The number of fused-ring (bicyclic) bond motifs is 5. The van der Waals surface area contributed by atoms with Crippen LogP contribution in [0.1, 0.15) is 5.56 Å². The van der Waals surface area contributed by atoms with Crippen LogP contribution in [0.5, 0.6) is 0 Å². The summed E-state index contributed by atoms with van der Waals surface area (Å²) < 4.78 is 2.27. The van der Waals surface area contributed by atoms with Crippen molar-refractivity contribution in [2.45, 2.75) is 0 Å². The summed E-state index contributed by atoms with van der Waals surface area (Å²) >= 11 is 0. The molecule has 0 aliphatic heterocycles. The van der Waals surface area contributed by atoms with Gasteiger partial charge in [-0.3, -0.25) is 0 Å². The van der Waals surface area contributed by atoms with Crippen molar-refractivity contribution in [1.82, 2.24) is 4.57 Å². The summed E-state index contributed by atoms with van der Waals surface area (Å²) in [6.45, 7) is 0. The zero-order chi connectivity index (χ0) is 31.3. The van der Waals surface area contributed by atoms with Gasteiger partial charge in [0.2, 0.25) is 0 Å². The minimum absolute atomic E-state index is 0.645. The van der Waals surface area contributed by atoms with Crippen LogP contribution in [0.3, 0.4) is 0 Å². The van der Waals surface area contributed by atoms with Gasteiger partial charge in [-0.1, -0.05) is 146 Å². The van der Waals surface area contributed by atoms with Crippen molar-refractivity contribution in [1.29, 1.82) is 5.26 Å². The van der Waals surface area contributed by atoms with Gasteiger partial charge in [0.1, 0.15) is 0 Å². The minimum Gasteiger partial charge on any atom is -0.309 e. The molecule has 1 aromatic heterocycles. The summed E-state index contributed by atoms with van der Waals surface area (Å²) in [6.07, 6.45) is 0. The van der Waals surface area contributed by atoms with E-state index in [0.717, 1.165) is 33.4 Å². The van der Waals surface area contributed by atoms with Crippen molar-refractivity contribution >= 4 is 43.4 Å². The highest BCUT2D eigenvalue weighted by Gasteiger charge is 2.20. The molecule has 0 aliphatic rings. The van der Waals surface area contributed by atoms with Gasteiger partial charge in [0.25, 0.3) is 0 Å². The fourth-order valence-corrected chi connectivity index (χ4v) is 7.47. The molecule has 0 aliphatic carbocycles. The summed E-state index contributed by atoms with van der Waals surface area (Å²) in [7, 11) is 0. The normalized spacial score (nSPS) is 11.4. The summed E-state index contributed by atoms with van der Waals surface area (Å²) in [4.78, 5) is 0. The van der Waals surface area contributed by atoms with E-state index < -0.39 is 0 Å². The van der Waals surface area contributed by atoms with Crippen LogP contribution in [0.25, 0.3) is 82.4 Å². The van der Waals surface area contributed by atoms with Crippen LogP contribution in [0.2, 0.25) is 0 Å². The molecule has 0 spiro atoms. The maximum atomic E-state index is 10.6. The third kappa shape index (κ3) is 4.18. The Balaban J connectivity index is 1.30. The molecular formula is C45H28N2. The number of nitrogens with zero attached hydrogens (tertiary/aromatic N) is 2. The smallest absolute Gasteiger partial charge is 0.0998 e. The van der Waals surface area contributed by atoms with Crippen molar-refractivity contribution in [2.24, 2.45) is 0 Å². The Bertz CT molecular complexity index is 2580. The van der Waals surface area contributed by atoms with E-state index in [-0.39, 0.29) is 0 Å². The molecule has 2 heteroatoms. The first kappa shape index (κ1) is 26.9. The first-order valence-corrected chi connectivity index (χ1v) is 15.9. The molecule has 0 radical (unpaired) electrons. The molecule has 218 valence electrons. The lowest BCUT2D eigenvalue weighted by molar-refractivity contribution is 1.18. The lowest BCUT2D eigenvalue weighted by atomic mass is 9.83. The van der Waals surface area contributed by atoms with Crippen LogP contribution in [-0.4, -0.2) is 4.57 Å². The molecule has 0 amide bonds. The van der Waals surface area contributed by atoms with Crippen LogP contribution in [0, 0.1) is 11.3 Å². The maximum Gasteiger partial charge on any atom is 0.0998 e. The number of para-hydroxylation sites is 2. The van der Waals surface area contributed by atoms with Crippen molar-refractivity contribution < 1.29 is 0 Å². The standard InChI is InChI=1S/C45H28N2/c46-29-31-28-32(47-42-24-12-10-17-35(42)36-18-11-13-25-43(36)47)26-27-33(31)34-16-4-5-19-37(34)45-40-22-8-6-20-38(40)44(30-14-2-1-3-15-30)39-21-7-9-23-41(39)45/h1-28H. The van der Waals surface area contributed by atoms with Crippen LogP contribution in [-0.2, 0) is 0 Å². The Labute approximate surface area is 273 Å². The summed E-state index contributed by atoms with van der Waals surface area (Å²) in [5.74, 6) is 0. The second-order valence-electron chi connectivity index (χ2n) is 12.0. The van der Waals surface area contributed by atoms with Crippen LogP contribution >= 0.6 is 0 Å². The highest BCUT2D eigenvalue weighted by atomic mass is 15.0. The predicted octanol–water partition coefficient (Wildman–Crippen LogP) is 12.0. The molecule has 0 atom stereocenters. The van der Waals surface area contributed by atoms with Gasteiger partial charge in [-0.05, 0) is 73.6 Å². The van der Waals surface area contributed by atoms with E-state index in [9.17, 15) is 5.26 Å². The van der Waals surface area contributed by atoms with Gasteiger partial charge < -0.3 is 4.57 Å². The fraction of sp³-hybridized carbons (Fsp3) is 0. The average Bonchev–Trinajstić information content (AvgIpc) is 3.48. The Morgan fingerprint density at radius 2 is 0.851 bits per heavy atom. The Kier molecular flexibility index (Phi) is 6.23. The third-order valence-corrected chi connectivity index (χ3v) is 9.44. The third-order valence-electron chi connectivity index (χ3n) is 9.44. The molecule has 0 fully saturated rings. The first-order valence-electron chi connectivity index (χ1n) is 15.9. The SMILES string of the molecule is N#Cc1cc(-n2c3ccccc3c3ccccc32)ccc1-c1ccccc1-c1c2ccccc2c(-c2ccccc2)c2ccccc12. The fourth-order valence-electron chi connectivity index (χ4n) is 7.47. The van der Waals surface area contributed by atoms with Gasteiger partial charge in [-0.15, -0.1) is 0 Å². The van der Waals surface area contributed by atoms with E-state index in [2.05, 4.69) is 174 Å². The molecule has 8 aromatic carbocycles. The lowest BCUT2D eigenvalue weighted by Gasteiger charge is -2.20. The van der Waals surface area contributed by atoms with E-state index >= 15 is 0 Å². The van der Waals surface area contributed by atoms with E-state index in [0.29, 0.717) is 5.56 Å². The minimum atomic E-state index is 0.645. The molecule has 2 nitrogen and oxygen atoms in total. The molecule has 0 bridgehead atoms. The Morgan fingerprint density at radius 1 is 0.383 bits per heavy atom. The number of aromatic nitrogens is 1. The number of hydrogen-bond acceptors (Lipinski definition) is 1. The highest BCUT2D eigenvalue weighted by Crippen LogP contribution is 2.46. The predicted molar refractivity (Wildman–Crippen MR) is 197 cm³/mol. The molecule has 0 saturated heterocycles. The lowest BCUT2D eigenvalue weighted by Crippen LogP contribution is -1.97. The van der Waals surface area contributed by atoms with E-state index in [4.69, 9.17) is 0 Å². The monoisotopic (exact) mass is 596 g/mol. The van der Waals surface area contributed by atoms with Crippen LogP contribution < -0.4 is 0 Å². The van der Waals surface area contributed by atoms with Crippen LogP contribution in [0.4, 0.5) is 0 Å². The molecular weight excluding hydrogens is 569 g/mol. The van der Waals surface area contributed by atoms with Gasteiger partial charge in [0, 0.05) is 22.0 Å². The van der Waals surface area contributed by atoms with Gasteiger partial charge in [0.05, 0.1) is 22.7 Å². The second kappa shape index (κ2) is 10.9. The molecule has 1 heterocycles. The maximum absolute atomic E-state index is 10.6. The Hall–Kier alpha value is -6.43. The van der Waals surface area contributed by atoms with Crippen molar-refractivity contribution in [3.05, 3.63) is 175 Å². The second-order valence-corrected chi connectivity index (χ2v) is 12.0. The number of rotatable bonds is 4. The van der Waals surface area contributed by atoms with Crippen molar-refractivity contribution in [2.75, 3.05) is 0 Å². The summed E-state index contributed by atoms with van der Waals surface area (Å²) in [5, 5.41) is 17.9. The van der Waals surface area contributed by atoms with Gasteiger partial charge >= 0.3 is 0 Å². The number of nitriles is 1. The van der Waals surface area contributed by atoms with E-state index in [1.54, 1.807) is 0 Å². The number of benzene rings is 8. The zero-order valence-corrected chi connectivity index (χ0v) is 25.6.